The van der Waals surface area contributed by atoms with Crippen LogP contribution in [0.25, 0.3) is 0 Å². The van der Waals surface area contributed by atoms with Gasteiger partial charge in [0.1, 0.15) is 0 Å². The van der Waals surface area contributed by atoms with Crippen LogP contribution in [0.2, 0.25) is 0 Å². The van der Waals surface area contributed by atoms with Gasteiger partial charge in [0.25, 0.3) is 0 Å². The third-order valence-electron chi connectivity index (χ3n) is 13.9. The first-order valence-corrected chi connectivity index (χ1v) is 34.8. The molecule has 0 aromatic carbocycles. The summed E-state index contributed by atoms with van der Waals surface area (Å²) in [5.41, 5.74) is 0. The minimum absolute atomic E-state index is 0. The Balaban J connectivity index is -0.0000000625. The third-order valence-corrected chi connectivity index (χ3v) is 13.9. The zero-order valence-corrected chi connectivity index (χ0v) is 62.8. The van der Waals surface area contributed by atoms with Gasteiger partial charge in [0.05, 0.1) is 0 Å². The standard InChI is InChI=1S/7C10H20O2.7H3N/c7*1-2-3-4-5-6-7-8-9-10(11)12;;;;;;;/h7*2-9H2,1H3,(H,11,12);7*1H3. The lowest BCUT2D eigenvalue weighted by Crippen LogP contribution is -2.21. The number of carboxylic acid groups (broad SMARTS) is 7. The predicted octanol–water partition coefficient (Wildman–Crippen LogP) is 15.8. The number of rotatable bonds is 56. The largest absolute Gasteiger partial charge is 0.550 e. The number of quaternary nitrogens is 7. The van der Waals surface area contributed by atoms with Crippen molar-refractivity contribution in [3.63, 3.8) is 0 Å². The molecule has 0 spiro atoms. The van der Waals surface area contributed by atoms with E-state index in [2.05, 4.69) is 48.5 Å². The summed E-state index contributed by atoms with van der Waals surface area (Å²) in [6.45, 7) is 15.3. The average Bonchev–Trinajstić information content (AvgIpc) is 3.44. The highest BCUT2D eigenvalue weighted by molar-refractivity contribution is 5.65. The molecular weight excluding hydrogens is 1160 g/mol. The van der Waals surface area contributed by atoms with Crippen LogP contribution in [-0.4, -0.2) is 41.8 Å². The molecule has 0 saturated carbocycles. The summed E-state index contributed by atoms with van der Waals surface area (Å²) in [4.78, 5) is 70.2. The second-order valence-corrected chi connectivity index (χ2v) is 22.7. The Morgan fingerprint density at radius 1 is 0.143 bits per heavy atom. The van der Waals surface area contributed by atoms with E-state index in [0.717, 1.165) is 89.9 Å². The van der Waals surface area contributed by atoms with E-state index in [-0.39, 0.29) is 88.0 Å². The Hall–Kier alpha value is -3.99. The van der Waals surface area contributed by atoms with Crippen molar-refractivity contribution >= 4 is 41.8 Å². The number of aliphatic carboxylic acids is 7. The number of carbonyl (C=O) groups excluding carboxylic acids is 7. The minimum atomic E-state index is -0.913. The lowest BCUT2D eigenvalue weighted by Gasteiger charge is -2.01. The van der Waals surface area contributed by atoms with Crippen molar-refractivity contribution in [1.82, 2.24) is 43.1 Å². The molecule has 0 radical (unpaired) electrons. The Kier molecular flexibility index (Phi) is 155. The molecule has 0 saturated heterocycles. The maximum absolute atomic E-state index is 10.0. The zero-order valence-electron chi connectivity index (χ0n) is 62.8. The van der Waals surface area contributed by atoms with Crippen molar-refractivity contribution in [1.29, 1.82) is 0 Å². The highest BCUT2D eigenvalue weighted by Gasteiger charge is 1.96. The molecule has 21 heteroatoms. The van der Waals surface area contributed by atoms with E-state index < -0.39 is 41.8 Å². The molecule has 0 bridgehead atoms. The van der Waals surface area contributed by atoms with Gasteiger partial charge in [-0.15, -0.1) is 0 Å². The Morgan fingerprint density at radius 2 is 0.209 bits per heavy atom. The fourth-order valence-corrected chi connectivity index (χ4v) is 8.59. The molecule has 28 N–H and O–H groups in total. The van der Waals surface area contributed by atoms with Crippen LogP contribution in [0.4, 0.5) is 0 Å². The maximum Gasteiger partial charge on any atom is 0.0414 e. The van der Waals surface area contributed by atoms with E-state index in [1.54, 1.807) is 0 Å². The van der Waals surface area contributed by atoms with Crippen LogP contribution < -0.4 is 78.8 Å². The van der Waals surface area contributed by atoms with Gasteiger partial charge in [-0.25, -0.2) is 0 Å². The molecule has 21 nitrogen and oxygen atoms in total. The van der Waals surface area contributed by atoms with Gasteiger partial charge in [-0.2, -0.15) is 0 Å². The van der Waals surface area contributed by atoms with Gasteiger partial charge in [-0.3, -0.25) is 0 Å². The number of carbonyl (C=O) groups is 7. The lowest BCUT2D eigenvalue weighted by atomic mass is 10.1. The van der Waals surface area contributed by atoms with Crippen LogP contribution >= 0.6 is 0 Å². The quantitative estimate of drug-likeness (QED) is 0.0278. The van der Waals surface area contributed by atoms with Gasteiger partial charge in [-0.05, 0) is 89.9 Å². The molecule has 0 aliphatic carbocycles. The average molecular weight is 1330 g/mol. The van der Waals surface area contributed by atoms with Crippen molar-refractivity contribution < 1.29 is 69.3 Å². The summed E-state index contributed by atoms with van der Waals surface area (Å²) in [7, 11) is 0. The highest BCUT2D eigenvalue weighted by atomic mass is 16.4. The van der Waals surface area contributed by atoms with Crippen LogP contribution in [0.1, 0.15) is 408 Å². The molecule has 0 aromatic rings. The second-order valence-electron chi connectivity index (χ2n) is 22.7. The molecular formula is C70H161N7O14. The maximum atomic E-state index is 10.0. The first-order chi connectivity index (χ1) is 40.4. The summed E-state index contributed by atoms with van der Waals surface area (Å²) in [6, 6.07) is 0. The molecule has 0 fully saturated rings. The van der Waals surface area contributed by atoms with Crippen molar-refractivity contribution in [2.75, 3.05) is 0 Å². The fourth-order valence-electron chi connectivity index (χ4n) is 8.59. The molecule has 0 unspecified atom stereocenters. The van der Waals surface area contributed by atoms with E-state index in [1.165, 1.54) is 225 Å². The van der Waals surface area contributed by atoms with E-state index in [1.807, 2.05) is 0 Å². The molecule has 560 valence electrons. The van der Waals surface area contributed by atoms with E-state index in [0.29, 0.717) is 0 Å². The van der Waals surface area contributed by atoms with Gasteiger partial charge < -0.3 is 112 Å². The smallest absolute Gasteiger partial charge is 0.0414 e. The minimum Gasteiger partial charge on any atom is -0.550 e. The Labute approximate surface area is 560 Å². The highest BCUT2D eigenvalue weighted by Crippen LogP contribution is 2.13. The number of hydrogen-bond donors (Lipinski definition) is 7. The van der Waals surface area contributed by atoms with Gasteiger partial charge in [0, 0.05) is 41.8 Å². The normalized spacial score (nSPS) is 9.31. The first-order valence-electron chi connectivity index (χ1n) is 34.8. The number of unbranched alkanes of at least 4 members (excludes halogenated alkanes) is 42. The predicted molar refractivity (Wildman–Crippen MR) is 375 cm³/mol. The van der Waals surface area contributed by atoms with Crippen molar-refractivity contribution in [3.05, 3.63) is 0 Å². The van der Waals surface area contributed by atoms with Gasteiger partial charge in [0.15, 0.2) is 0 Å². The third kappa shape index (κ3) is 174. The Bertz CT molecular complexity index is 1080. The number of hydrogen-bond acceptors (Lipinski definition) is 14. The molecule has 0 amide bonds. The van der Waals surface area contributed by atoms with E-state index in [9.17, 15) is 69.3 Å². The van der Waals surface area contributed by atoms with Crippen LogP contribution in [-0.2, 0) is 33.6 Å². The zero-order chi connectivity index (χ0) is 64.6. The SMILES string of the molecule is CCCCCCCCCC(=O)[O-].CCCCCCCCCC(=O)[O-].CCCCCCCCCC(=O)[O-].CCCCCCCCCC(=O)[O-].CCCCCCCCCC(=O)[O-].CCCCCCCCCC(=O)[O-].CCCCCCCCCC(=O)[O-].[NH4+].[NH4+].[NH4+].[NH4+].[NH4+].[NH4+].[NH4+]. The number of carboxylic acids is 7. The summed E-state index contributed by atoms with van der Waals surface area (Å²) >= 11 is 0. The summed E-state index contributed by atoms with van der Waals surface area (Å²) in [5, 5.41) is 70.2. The van der Waals surface area contributed by atoms with Crippen LogP contribution in [0.3, 0.4) is 0 Å². The van der Waals surface area contributed by atoms with Crippen LogP contribution in [0.15, 0.2) is 0 Å². The van der Waals surface area contributed by atoms with Crippen molar-refractivity contribution in [3.8, 4) is 0 Å². The van der Waals surface area contributed by atoms with Crippen molar-refractivity contribution in [2.24, 2.45) is 0 Å². The van der Waals surface area contributed by atoms with Crippen molar-refractivity contribution in [2.45, 2.75) is 408 Å². The fraction of sp³-hybridized carbons (Fsp3) is 0.900. The van der Waals surface area contributed by atoms with E-state index in [4.69, 9.17) is 0 Å². The van der Waals surface area contributed by atoms with Gasteiger partial charge >= 0.3 is 0 Å². The molecule has 0 atom stereocenters. The summed E-state index contributed by atoms with van der Waals surface area (Å²) in [5.74, 6) is -6.39. The summed E-state index contributed by atoms with van der Waals surface area (Å²) < 4.78 is 0. The van der Waals surface area contributed by atoms with Crippen LogP contribution in [0, 0.1) is 0 Å². The molecule has 0 aromatic heterocycles. The molecule has 0 heterocycles. The molecule has 91 heavy (non-hydrogen) atoms. The molecule has 0 aliphatic heterocycles. The monoisotopic (exact) mass is 1320 g/mol. The molecule has 0 aliphatic rings. The molecule has 0 rings (SSSR count). The first kappa shape index (κ1) is 121. The lowest BCUT2D eigenvalue weighted by molar-refractivity contribution is -0.307. The van der Waals surface area contributed by atoms with E-state index >= 15 is 0 Å². The van der Waals surface area contributed by atoms with Gasteiger partial charge in [-0.1, -0.05) is 318 Å². The second kappa shape index (κ2) is 117. The van der Waals surface area contributed by atoms with Crippen LogP contribution in [0.5, 0.6) is 0 Å². The Morgan fingerprint density at radius 3 is 0.275 bits per heavy atom. The summed E-state index contributed by atoms with van der Waals surface area (Å²) in [6.07, 6.45) is 58.4. The topological polar surface area (TPSA) is 536 Å². The van der Waals surface area contributed by atoms with Gasteiger partial charge in [0.2, 0.25) is 0 Å².